The van der Waals surface area contributed by atoms with Crippen molar-refractivity contribution in [2.45, 2.75) is 58.3 Å². The minimum absolute atomic E-state index is 0.204. The van der Waals surface area contributed by atoms with Crippen LogP contribution in [0.15, 0.2) is 30.3 Å². The van der Waals surface area contributed by atoms with E-state index in [1.807, 2.05) is 0 Å². The quantitative estimate of drug-likeness (QED) is 0.203. The predicted molar refractivity (Wildman–Crippen MR) is 102 cm³/mol. The van der Waals surface area contributed by atoms with Crippen molar-refractivity contribution in [1.82, 2.24) is 21.9 Å². The molecule has 0 aliphatic rings. The number of unbranched alkanes of at least 4 members (excludes halogenated alkanes) is 7. The molecule has 0 bridgehead atoms. The van der Waals surface area contributed by atoms with Gasteiger partial charge in [-0.3, -0.25) is 10.2 Å². The molecule has 1 amide bonds. The van der Waals surface area contributed by atoms with Crippen LogP contribution in [0.5, 0.6) is 5.75 Å². The fourth-order valence-corrected chi connectivity index (χ4v) is 2.35. The van der Waals surface area contributed by atoms with Gasteiger partial charge in [0, 0.05) is 12.6 Å². The molecule has 1 rings (SSSR count). The molecule has 0 unspecified atom stereocenters. The number of hydrogen-bond acceptors (Lipinski definition) is 5. The Morgan fingerprint density at radius 1 is 0.960 bits per heavy atom. The first kappa shape index (κ1) is 21.2. The number of phenols is 1. The molecule has 0 aliphatic heterocycles. The Morgan fingerprint density at radius 3 is 2.28 bits per heavy atom. The van der Waals surface area contributed by atoms with Gasteiger partial charge < -0.3 is 5.11 Å². The van der Waals surface area contributed by atoms with Gasteiger partial charge in [-0.15, -0.1) is 0 Å². The molecular weight excluding hydrogens is 316 g/mol. The summed E-state index contributed by atoms with van der Waals surface area (Å²) in [6.07, 6.45) is 13.4. The number of benzene rings is 1. The molecule has 0 aromatic heterocycles. The molecule has 0 saturated carbocycles. The highest BCUT2D eigenvalue weighted by Gasteiger charge is 1.95. The predicted octanol–water partition coefficient (Wildman–Crippen LogP) is 3.18. The zero-order chi connectivity index (χ0) is 18.2. The number of nitrogens with one attached hydrogen (secondary N) is 4. The van der Waals surface area contributed by atoms with Gasteiger partial charge in [0.05, 0.1) is 0 Å². The number of aromatic hydroxyl groups is 1. The standard InChI is InChI=1S/C19H32N4O2/c1-2-3-4-5-6-7-8-9-16-20-22-23-21-19(25)15-12-17-10-13-18(24)14-11-17/h10-15,20,22-24H,2-9,16H2,1H3,(H,21,25). The van der Waals surface area contributed by atoms with Crippen LogP contribution in [0.3, 0.4) is 0 Å². The van der Waals surface area contributed by atoms with Gasteiger partial charge in [0.25, 0.3) is 5.91 Å². The number of phenolic OH excluding ortho intramolecular Hbond substituents is 1. The zero-order valence-corrected chi connectivity index (χ0v) is 15.2. The van der Waals surface area contributed by atoms with E-state index < -0.39 is 0 Å². The molecule has 1 aromatic carbocycles. The van der Waals surface area contributed by atoms with Crippen molar-refractivity contribution in [3.63, 3.8) is 0 Å². The van der Waals surface area contributed by atoms with Gasteiger partial charge in [-0.1, -0.05) is 64.0 Å². The normalized spacial score (nSPS) is 11.1. The second-order valence-electron chi connectivity index (χ2n) is 6.07. The van der Waals surface area contributed by atoms with Crippen LogP contribution in [0.25, 0.3) is 6.08 Å². The zero-order valence-electron chi connectivity index (χ0n) is 15.2. The number of rotatable bonds is 14. The molecule has 0 radical (unpaired) electrons. The summed E-state index contributed by atoms with van der Waals surface area (Å²) in [6, 6.07) is 6.62. The van der Waals surface area contributed by atoms with E-state index in [0.29, 0.717) is 0 Å². The van der Waals surface area contributed by atoms with E-state index in [4.69, 9.17) is 0 Å². The van der Waals surface area contributed by atoms with E-state index in [1.54, 1.807) is 30.3 Å². The topological polar surface area (TPSA) is 85.4 Å². The molecule has 140 valence electrons. The minimum atomic E-state index is -0.269. The van der Waals surface area contributed by atoms with Gasteiger partial charge in [-0.25, -0.2) is 5.43 Å². The molecule has 0 atom stereocenters. The Bertz CT molecular complexity index is 489. The maximum atomic E-state index is 11.6. The summed E-state index contributed by atoms with van der Waals surface area (Å²) in [6.45, 7) is 3.09. The maximum Gasteiger partial charge on any atom is 0.259 e. The summed E-state index contributed by atoms with van der Waals surface area (Å²) < 4.78 is 0. The van der Waals surface area contributed by atoms with Crippen molar-refractivity contribution >= 4 is 12.0 Å². The maximum absolute atomic E-state index is 11.6. The van der Waals surface area contributed by atoms with E-state index in [-0.39, 0.29) is 11.7 Å². The van der Waals surface area contributed by atoms with E-state index in [0.717, 1.165) is 18.5 Å². The second kappa shape index (κ2) is 14.5. The first-order chi connectivity index (χ1) is 12.2. The Morgan fingerprint density at radius 2 is 1.60 bits per heavy atom. The van der Waals surface area contributed by atoms with Crippen molar-refractivity contribution < 1.29 is 9.90 Å². The van der Waals surface area contributed by atoms with Crippen LogP contribution >= 0.6 is 0 Å². The highest BCUT2D eigenvalue weighted by atomic mass is 16.3. The van der Waals surface area contributed by atoms with Gasteiger partial charge >= 0.3 is 0 Å². The highest BCUT2D eigenvalue weighted by molar-refractivity contribution is 5.91. The number of hydrogen-bond donors (Lipinski definition) is 5. The molecule has 1 aromatic rings. The van der Waals surface area contributed by atoms with Crippen molar-refractivity contribution in [3.8, 4) is 5.75 Å². The summed E-state index contributed by atoms with van der Waals surface area (Å²) >= 11 is 0. The van der Waals surface area contributed by atoms with Crippen LogP contribution in [0, 0.1) is 0 Å². The summed E-state index contributed by atoms with van der Waals surface area (Å²) in [7, 11) is 0. The lowest BCUT2D eigenvalue weighted by Crippen LogP contribution is -2.52. The second-order valence-corrected chi connectivity index (χ2v) is 6.07. The molecule has 0 aliphatic carbocycles. The van der Waals surface area contributed by atoms with Crippen LogP contribution in [0.1, 0.15) is 63.9 Å². The van der Waals surface area contributed by atoms with E-state index in [2.05, 4.69) is 28.8 Å². The Kier molecular flexibility index (Phi) is 12.2. The number of carbonyl (C=O) groups is 1. The number of carbonyl (C=O) groups excluding carboxylic acids is 1. The molecule has 25 heavy (non-hydrogen) atoms. The van der Waals surface area contributed by atoms with E-state index in [1.165, 1.54) is 51.0 Å². The van der Waals surface area contributed by atoms with Crippen LogP contribution in [-0.2, 0) is 4.79 Å². The van der Waals surface area contributed by atoms with Crippen molar-refractivity contribution in [2.75, 3.05) is 6.54 Å². The molecule has 0 fully saturated rings. The average molecular weight is 348 g/mol. The molecular formula is C19H32N4O2. The Labute approximate surface area is 151 Å². The SMILES string of the molecule is CCCCCCCCCCNNNNC(=O)C=Cc1ccc(O)cc1. The van der Waals surface area contributed by atoms with Gasteiger partial charge in [-0.05, 0) is 30.2 Å². The van der Waals surface area contributed by atoms with Gasteiger partial charge in [0.1, 0.15) is 5.75 Å². The van der Waals surface area contributed by atoms with Crippen LogP contribution < -0.4 is 21.9 Å². The van der Waals surface area contributed by atoms with Gasteiger partial charge in [0.15, 0.2) is 0 Å². The third kappa shape index (κ3) is 12.2. The molecule has 0 spiro atoms. The summed E-state index contributed by atoms with van der Waals surface area (Å²) in [5.74, 6) is -0.0653. The number of amides is 1. The molecule has 5 N–H and O–H groups in total. The molecule has 0 heterocycles. The van der Waals surface area contributed by atoms with E-state index >= 15 is 0 Å². The third-order valence-electron chi connectivity index (χ3n) is 3.81. The lowest BCUT2D eigenvalue weighted by Gasteiger charge is -2.08. The van der Waals surface area contributed by atoms with Crippen molar-refractivity contribution in [2.24, 2.45) is 0 Å². The van der Waals surface area contributed by atoms with Crippen LogP contribution in [0.2, 0.25) is 0 Å². The highest BCUT2D eigenvalue weighted by Crippen LogP contribution is 2.10. The largest absolute Gasteiger partial charge is 0.508 e. The number of hydrazine groups is 3. The Hall–Kier alpha value is -1.89. The fraction of sp³-hybridized carbons (Fsp3) is 0.526. The molecule has 6 heteroatoms. The van der Waals surface area contributed by atoms with E-state index in [9.17, 15) is 9.90 Å². The summed E-state index contributed by atoms with van der Waals surface area (Å²) in [5.41, 5.74) is 11.7. The first-order valence-electron chi connectivity index (χ1n) is 9.22. The third-order valence-corrected chi connectivity index (χ3v) is 3.81. The van der Waals surface area contributed by atoms with Crippen molar-refractivity contribution in [1.29, 1.82) is 0 Å². The fourth-order valence-electron chi connectivity index (χ4n) is 2.35. The molecule has 6 nitrogen and oxygen atoms in total. The monoisotopic (exact) mass is 348 g/mol. The molecule has 0 saturated heterocycles. The van der Waals surface area contributed by atoms with Gasteiger partial charge in [-0.2, -0.15) is 11.1 Å². The average Bonchev–Trinajstić information content (AvgIpc) is 2.62. The lowest BCUT2D eigenvalue weighted by atomic mass is 10.1. The van der Waals surface area contributed by atoms with Crippen molar-refractivity contribution in [3.05, 3.63) is 35.9 Å². The van der Waals surface area contributed by atoms with Gasteiger partial charge in [0.2, 0.25) is 0 Å². The van der Waals surface area contributed by atoms with Crippen LogP contribution in [-0.4, -0.2) is 17.6 Å². The first-order valence-corrected chi connectivity index (χ1v) is 9.22. The lowest BCUT2D eigenvalue weighted by molar-refractivity contribution is -0.117. The smallest absolute Gasteiger partial charge is 0.259 e. The van der Waals surface area contributed by atoms with Crippen LogP contribution in [0.4, 0.5) is 0 Å². The summed E-state index contributed by atoms with van der Waals surface area (Å²) in [5, 5.41) is 9.18. The minimum Gasteiger partial charge on any atom is -0.508 e. The Balaban J connectivity index is 1.92. The summed E-state index contributed by atoms with van der Waals surface area (Å²) in [4.78, 5) is 11.6.